The van der Waals surface area contributed by atoms with Crippen LogP contribution in [0.15, 0.2) is 18.3 Å². The minimum Gasteiger partial charge on any atom is -0.321 e. The van der Waals surface area contributed by atoms with Crippen molar-refractivity contribution in [3.05, 3.63) is 29.6 Å². The van der Waals surface area contributed by atoms with E-state index in [1.165, 1.54) is 5.56 Å². The maximum Gasteiger partial charge on any atom is 0.0652 e. The molecule has 1 aromatic heterocycles. The van der Waals surface area contributed by atoms with Crippen molar-refractivity contribution in [1.82, 2.24) is 4.98 Å². The molecule has 1 heterocycles. The Morgan fingerprint density at radius 2 is 1.71 bits per heavy atom. The molecular formula is C11H15N3. The summed E-state index contributed by atoms with van der Waals surface area (Å²) in [5.41, 5.74) is 14.3. The molecular weight excluding hydrogens is 174 g/mol. The standard InChI is InChI=1S/C11H15N3/c12-10(3-4-10)8-2-1-7-14-9(8)11(13)5-6-11/h1-2,7H,3-6,12-13H2. The van der Waals surface area contributed by atoms with Gasteiger partial charge < -0.3 is 11.5 Å². The van der Waals surface area contributed by atoms with Crippen LogP contribution >= 0.6 is 0 Å². The Morgan fingerprint density at radius 1 is 1.07 bits per heavy atom. The third kappa shape index (κ3) is 1.09. The highest BCUT2D eigenvalue weighted by molar-refractivity contribution is 5.39. The Kier molecular flexibility index (Phi) is 1.41. The first-order chi connectivity index (χ1) is 6.64. The van der Waals surface area contributed by atoms with Gasteiger partial charge in [0.1, 0.15) is 0 Å². The van der Waals surface area contributed by atoms with E-state index >= 15 is 0 Å². The van der Waals surface area contributed by atoms with E-state index in [1.54, 1.807) is 0 Å². The number of nitrogens with two attached hydrogens (primary N) is 2. The molecule has 3 nitrogen and oxygen atoms in total. The van der Waals surface area contributed by atoms with E-state index < -0.39 is 0 Å². The van der Waals surface area contributed by atoms with Crippen molar-refractivity contribution in [1.29, 1.82) is 0 Å². The van der Waals surface area contributed by atoms with E-state index in [0.717, 1.165) is 31.4 Å². The molecule has 2 fully saturated rings. The van der Waals surface area contributed by atoms with Gasteiger partial charge in [0.25, 0.3) is 0 Å². The zero-order valence-corrected chi connectivity index (χ0v) is 8.16. The highest BCUT2D eigenvalue weighted by Gasteiger charge is 2.49. The molecule has 74 valence electrons. The maximum atomic E-state index is 6.20. The van der Waals surface area contributed by atoms with E-state index in [1.807, 2.05) is 12.3 Å². The number of rotatable bonds is 2. The Bertz CT molecular complexity index is 341. The molecule has 1 aromatic rings. The molecule has 0 saturated heterocycles. The van der Waals surface area contributed by atoms with Gasteiger partial charge in [0, 0.05) is 11.7 Å². The van der Waals surface area contributed by atoms with E-state index in [4.69, 9.17) is 11.5 Å². The van der Waals surface area contributed by atoms with E-state index in [-0.39, 0.29) is 11.1 Å². The third-order valence-electron chi connectivity index (χ3n) is 3.39. The van der Waals surface area contributed by atoms with Gasteiger partial charge in [-0.05, 0) is 37.3 Å². The second-order valence-corrected chi connectivity index (χ2v) is 4.71. The molecule has 14 heavy (non-hydrogen) atoms. The highest BCUT2D eigenvalue weighted by Crippen LogP contribution is 2.50. The fourth-order valence-corrected chi connectivity index (χ4v) is 1.98. The normalized spacial score (nSPS) is 25.9. The molecule has 0 radical (unpaired) electrons. The summed E-state index contributed by atoms with van der Waals surface area (Å²) < 4.78 is 0. The van der Waals surface area contributed by atoms with Crippen LogP contribution in [0.1, 0.15) is 36.9 Å². The monoisotopic (exact) mass is 189 g/mol. The number of hydrogen-bond donors (Lipinski definition) is 2. The topological polar surface area (TPSA) is 64.9 Å². The van der Waals surface area contributed by atoms with E-state index in [2.05, 4.69) is 11.1 Å². The van der Waals surface area contributed by atoms with Crippen LogP contribution in [-0.2, 0) is 11.1 Å². The van der Waals surface area contributed by atoms with Gasteiger partial charge in [-0.15, -0.1) is 0 Å². The zero-order valence-electron chi connectivity index (χ0n) is 8.16. The maximum absolute atomic E-state index is 6.20. The van der Waals surface area contributed by atoms with Gasteiger partial charge in [0.05, 0.1) is 11.2 Å². The number of hydrogen-bond acceptors (Lipinski definition) is 3. The van der Waals surface area contributed by atoms with Crippen LogP contribution in [0.3, 0.4) is 0 Å². The first-order valence-electron chi connectivity index (χ1n) is 5.18. The van der Waals surface area contributed by atoms with Crippen LogP contribution < -0.4 is 11.5 Å². The summed E-state index contributed by atoms with van der Waals surface area (Å²) in [6, 6.07) is 4.04. The molecule has 0 atom stereocenters. The summed E-state index contributed by atoms with van der Waals surface area (Å²) in [6.45, 7) is 0. The Morgan fingerprint density at radius 3 is 2.29 bits per heavy atom. The fourth-order valence-electron chi connectivity index (χ4n) is 1.98. The quantitative estimate of drug-likeness (QED) is 0.728. The average molecular weight is 189 g/mol. The molecule has 0 spiro atoms. The summed E-state index contributed by atoms with van der Waals surface area (Å²) in [4.78, 5) is 4.41. The van der Waals surface area contributed by atoms with E-state index in [0.29, 0.717) is 0 Å². The van der Waals surface area contributed by atoms with Gasteiger partial charge in [-0.1, -0.05) is 6.07 Å². The van der Waals surface area contributed by atoms with Crippen molar-refractivity contribution in [3.8, 4) is 0 Å². The lowest BCUT2D eigenvalue weighted by Gasteiger charge is -2.17. The Hall–Kier alpha value is -0.930. The van der Waals surface area contributed by atoms with Gasteiger partial charge in [-0.3, -0.25) is 4.98 Å². The minimum absolute atomic E-state index is 0.113. The number of aromatic nitrogens is 1. The first-order valence-corrected chi connectivity index (χ1v) is 5.18. The van der Waals surface area contributed by atoms with Crippen LogP contribution in [0.25, 0.3) is 0 Å². The second kappa shape index (κ2) is 2.35. The molecule has 2 saturated carbocycles. The molecule has 0 bridgehead atoms. The summed E-state index contributed by atoms with van der Waals surface area (Å²) >= 11 is 0. The lowest BCUT2D eigenvalue weighted by atomic mass is 9.98. The second-order valence-electron chi connectivity index (χ2n) is 4.71. The van der Waals surface area contributed by atoms with Crippen molar-refractivity contribution in [2.45, 2.75) is 36.8 Å². The van der Waals surface area contributed by atoms with Crippen molar-refractivity contribution >= 4 is 0 Å². The van der Waals surface area contributed by atoms with Gasteiger partial charge in [-0.25, -0.2) is 0 Å². The fraction of sp³-hybridized carbons (Fsp3) is 0.545. The Balaban J connectivity index is 2.10. The van der Waals surface area contributed by atoms with Crippen molar-refractivity contribution in [3.63, 3.8) is 0 Å². The molecule has 0 aliphatic heterocycles. The summed E-state index contributed by atoms with van der Waals surface area (Å²) in [7, 11) is 0. The molecule has 2 aliphatic rings. The predicted molar refractivity (Wildman–Crippen MR) is 54.4 cm³/mol. The van der Waals surface area contributed by atoms with Gasteiger partial charge in [-0.2, -0.15) is 0 Å². The van der Waals surface area contributed by atoms with Crippen LogP contribution in [0.2, 0.25) is 0 Å². The van der Waals surface area contributed by atoms with Gasteiger partial charge in [0.2, 0.25) is 0 Å². The Labute approximate surface area is 83.5 Å². The SMILES string of the molecule is NC1(c2cccnc2C2(N)CC2)CC1. The van der Waals surface area contributed by atoms with Crippen LogP contribution in [0.4, 0.5) is 0 Å². The van der Waals surface area contributed by atoms with Crippen molar-refractivity contribution in [2.75, 3.05) is 0 Å². The van der Waals surface area contributed by atoms with Crippen molar-refractivity contribution < 1.29 is 0 Å². The van der Waals surface area contributed by atoms with Crippen molar-refractivity contribution in [2.24, 2.45) is 11.5 Å². The molecule has 4 N–H and O–H groups in total. The molecule has 0 aromatic carbocycles. The lowest BCUT2D eigenvalue weighted by Crippen LogP contribution is -2.28. The lowest BCUT2D eigenvalue weighted by molar-refractivity contribution is 0.645. The number of nitrogens with zero attached hydrogens (tertiary/aromatic N) is 1. The number of pyridine rings is 1. The largest absolute Gasteiger partial charge is 0.321 e. The molecule has 0 unspecified atom stereocenters. The molecule has 0 amide bonds. The van der Waals surface area contributed by atoms with Crippen LogP contribution in [0, 0.1) is 0 Å². The average Bonchev–Trinajstić information content (AvgIpc) is 3.08. The minimum atomic E-state index is -0.161. The van der Waals surface area contributed by atoms with Crippen LogP contribution in [-0.4, -0.2) is 4.98 Å². The third-order valence-corrected chi connectivity index (χ3v) is 3.39. The molecule has 3 rings (SSSR count). The smallest absolute Gasteiger partial charge is 0.0652 e. The van der Waals surface area contributed by atoms with E-state index in [9.17, 15) is 0 Å². The van der Waals surface area contributed by atoms with Crippen LogP contribution in [0.5, 0.6) is 0 Å². The zero-order chi connectivity index (χ0) is 9.81. The molecule has 2 aliphatic carbocycles. The van der Waals surface area contributed by atoms with Gasteiger partial charge >= 0.3 is 0 Å². The predicted octanol–water partition coefficient (Wildman–Crippen LogP) is 0.977. The highest BCUT2D eigenvalue weighted by atomic mass is 14.9. The molecule has 3 heteroatoms. The summed E-state index contributed by atoms with van der Waals surface area (Å²) in [5, 5.41) is 0. The summed E-state index contributed by atoms with van der Waals surface area (Å²) in [6.07, 6.45) is 6.06. The van der Waals surface area contributed by atoms with Gasteiger partial charge in [0.15, 0.2) is 0 Å². The first kappa shape index (κ1) is 8.38. The summed E-state index contributed by atoms with van der Waals surface area (Å²) in [5.74, 6) is 0.